The van der Waals surface area contributed by atoms with Crippen LogP contribution in [0, 0.1) is 13.8 Å². The first-order valence-corrected chi connectivity index (χ1v) is 11.0. The molecule has 0 radical (unpaired) electrons. The number of esters is 1. The molecule has 2 aromatic heterocycles. The Morgan fingerprint density at radius 2 is 1.78 bits per heavy atom. The lowest BCUT2D eigenvalue weighted by molar-refractivity contribution is 0.0600. The third kappa shape index (κ3) is 4.36. The molecule has 32 heavy (non-hydrogen) atoms. The molecule has 0 saturated carbocycles. The number of ether oxygens (including phenoxy) is 1. The van der Waals surface area contributed by atoms with Crippen LogP contribution in [0.15, 0.2) is 65.8 Å². The maximum Gasteiger partial charge on any atom is 0.337 e. The van der Waals surface area contributed by atoms with Crippen LogP contribution in [0.3, 0.4) is 0 Å². The van der Waals surface area contributed by atoms with Crippen LogP contribution < -0.4 is 0 Å². The molecule has 0 aliphatic heterocycles. The number of Topliss-reactive ketones (excluding diaryl/α,β-unsaturated/α-hetero) is 1. The summed E-state index contributed by atoms with van der Waals surface area (Å²) in [5.74, 6) is 0.533. The first-order chi connectivity index (χ1) is 15.5. The Kier molecular flexibility index (Phi) is 6.23. The molecular weight excluding hydrogens is 424 g/mol. The number of aromatic nitrogens is 4. The van der Waals surface area contributed by atoms with Gasteiger partial charge in [0.25, 0.3) is 0 Å². The van der Waals surface area contributed by atoms with Crippen molar-refractivity contribution in [3.63, 3.8) is 0 Å². The van der Waals surface area contributed by atoms with Gasteiger partial charge in [0.05, 0.1) is 18.4 Å². The number of aryl methyl sites for hydroxylation is 1. The van der Waals surface area contributed by atoms with Crippen LogP contribution in [0.5, 0.6) is 0 Å². The molecule has 0 bridgehead atoms. The molecule has 0 spiro atoms. The van der Waals surface area contributed by atoms with Crippen molar-refractivity contribution in [1.29, 1.82) is 0 Å². The van der Waals surface area contributed by atoms with E-state index in [2.05, 4.69) is 15.2 Å². The minimum atomic E-state index is -0.382. The number of rotatable bonds is 7. The minimum Gasteiger partial charge on any atom is -0.465 e. The smallest absolute Gasteiger partial charge is 0.337 e. The van der Waals surface area contributed by atoms with Gasteiger partial charge >= 0.3 is 5.97 Å². The monoisotopic (exact) mass is 446 g/mol. The van der Waals surface area contributed by atoms with Crippen molar-refractivity contribution in [3.05, 3.63) is 83.2 Å². The van der Waals surface area contributed by atoms with Crippen LogP contribution in [-0.2, 0) is 4.74 Å². The molecule has 4 rings (SSSR count). The van der Waals surface area contributed by atoms with E-state index in [1.165, 1.54) is 18.9 Å². The van der Waals surface area contributed by atoms with Crippen LogP contribution in [0.2, 0.25) is 0 Å². The number of ketones is 1. The molecule has 0 fully saturated rings. The summed E-state index contributed by atoms with van der Waals surface area (Å²) in [5, 5.41) is 7.66. The number of aromatic amines is 1. The molecule has 7 nitrogen and oxygen atoms in total. The standard InChI is InChI=1S/C24H22N4O3S/c1-15-13-20(16(2)28(15)19-11-9-18(10-12-19)23(30)31-3)21(29)14-32-24-25-22(26-27-24)17-7-5-4-6-8-17/h4-13H,14H2,1-3H3,(H,25,26,27). The fraction of sp³-hybridized carbons (Fsp3) is 0.167. The summed E-state index contributed by atoms with van der Waals surface area (Å²) < 4.78 is 6.75. The number of carbonyl (C=O) groups excluding carboxylic acids is 2. The van der Waals surface area contributed by atoms with Crippen molar-refractivity contribution in [2.75, 3.05) is 12.9 Å². The Balaban J connectivity index is 1.48. The van der Waals surface area contributed by atoms with E-state index in [4.69, 9.17) is 4.74 Å². The molecule has 162 valence electrons. The van der Waals surface area contributed by atoms with Crippen molar-refractivity contribution in [1.82, 2.24) is 19.7 Å². The Bertz CT molecular complexity index is 1260. The van der Waals surface area contributed by atoms with Gasteiger partial charge in [0, 0.05) is 28.2 Å². The maximum absolute atomic E-state index is 12.9. The SMILES string of the molecule is COC(=O)c1ccc(-n2c(C)cc(C(=O)CSc3n[nH]c(-c4ccccc4)n3)c2C)cc1. The van der Waals surface area contributed by atoms with E-state index >= 15 is 0 Å². The van der Waals surface area contributed by atoms with Gasteiger partial charge in [-0.25, -0.2) is 9.78 Å². The third-order valence-electron chi connectivity index (χ3n) is 5.12. The summed E-state index contributed by atoms with van der Waals surface area (Å²) in [6, 6.07) is 18.7. The largest absolute Gasteiger partial charge is 0.465 e. The number of nitrogens with one attached hydrogen (secondary N) is 1. The van der Waals surface area contributed by atoms with E-state index in [9.17, 15) is 9.59 Å². The molecule has 0 aliphatic rings. The second-order valence-electron chi connectivity index (χ2n) is 7.20. The van der Waals surface area contributed by atoms with Crippen LogP contribution in [0.1, 0.15) is 32.1 Å². The predicted octanol–water partition coefficient (Wildman–Crippen LogP) is 4.64. The molecule has 0 unspecified atom stereocenters. The molecule has 8 heteroatoms. The van der Waals surface area contributed by atoms with Crippen LogP contribution >= 0.6 is 11.8 Å². The number of hydrogen-bond donors (Lipinski definition) is 1. The molecule has 1 N–H and O–H groups in total. The van der Waals surface area contributed by atoms with Gasteiger partial charge in [0.2, 0.25) is 5.16 Å². The maximum atomic E-state index is 12.9. The molecular formula is C24H22N4O3S. The van der Waals surface area contributed by atoms with E-state index in [1.807, 2.05) is 66.9 Å². The quantitative estimate of drug-likeness (QED) is 0.253. The fourth-order valence-corrected chi connectivity index (χ4v) is 4.23. The van der Waals surface area contributed by atoms with Crippen molar-refractivity contribution in [2.45, 2.75) is 19.0 Å². The number of H-pyrrole nitrogens is 1. The zero-order valence-electron chi connectivity index (χ0n) is 18.0. The number of thioether (sulfide) groups is 1. The van der Waals surface area contributed by atoms with E-state index in [1.54, 1.807) is 12.1 Å². The molecule has 2 heterocycles. The number of nitrogens with zero attached hydrogens (tertiary/aromatic N) is 3. The average molecular weight is 447 g/mol. The molecule has 0 amide bonds. The fourth-order valence-electron chi connectivity index (χ4n) is 3.55. The third-order valence-corrected chi connectivity index (χ3v) is 5.97. The number of methoxy groups -OCH3 is 1. The van der Waals surface area contributed by atoms with E-state index in [0.717, 1.165) is 22.6 Å². The molecule has 2 aromatic carbocycles. The van der Waals surface area contributed by atoms with Crippen molar-refractivity contribution >= 4 is 23.5 Å². The van der Waals surface area contributed by atoms with Crippen molar-refractivity contribution in [2.24, 2.45) is 0 Å². The number of hydrogen-bond acceptors (Lipinski definition) is 6. The predicted molar refractivity (Wildman–Crippen MR) is 123 cm³/mol. The summed E-state index contributed by atoms with van der Waals surface area (Å²) in [6.07, 6.45) is 0. The van der Waals surface area contributed by atoms with Gasteiger partial charge in [-0.05, 0) is 44.2 Å². The molecule has 0 saturated heterocycles. The molecule has 4 aromatic rings. The van der Waals surface area contributed by atoms with E-state index in [-0.39, 0.29) is 17.5 Å². The summed E-state index contributed by atoms with van der Waals surface area (Å²) in [6.45, 7) is 3.87. The minimum absolute atomic E-state index is 0.00610. The highest BCUT2D eigenvalue weighted by Crippen LogP contribution is 2.24. The second-order valence-corrected chi connectivity index (χ2v) is 8.15. The first-order valence-electron chi connectivity index (χ1n) is 9.99. The lowest BCUT2D eigenvalue weighted by atomic mass is 10.2. The van der Waals surface area contributed by atoms with Gasteiger partial charge < -0.3 is 9.30 Å². The lowest BCUT2D eigenvalue weighted by Crippen LogP contribution is -2.06. The highest BCUT2D eigenvalue weighted by atomic mass is 32.2. The highest BCUT2D eigenvalue weighted by molar-refractivity contribution is 7.99. The van der Waals surface area contributed by atoms with Gasteiger partial charge in [-0.1, -0.05) is 42.1 Å². The summed E-state index contributed by atoms with van der Waals surface area (Å²) in [4.78, 5) is 29.1. The van der Waals surface area contributed by atoms with Gasteiger partial charge in [-0.15, -0.1) is 5.10 Å². The summed E-state index contributed by atoms with van der Waals surface area (Å²) in [5.41, 5.74) is 4.74. The molecule has 0 atom stereocenters. The van der Waals surface area contributed by atoms with Crippen LogP contribution in [-0.4, -0.2) is 44.4 Å². The van der Waals surface area contributed by atoms with Crippen LogP contribution in [0.4, 0.5) is 0 Å². The average Bonchev–Trinajstić information content (AvgIpc) is 3.42. The Labute approximate surface area is 189 Å². The topological polar surface area (TPSA) is 89.9 Å². The van der Waals surface area contributed by atoms with Crippen LogP contribution in [0.25, 0.3) is 17.1 Å². The van der Waals surface area contributed by atoms with Crippen molar-refractivity contribution in [3.8, 4) is 17.1 Å². The Morgan fingerprint density at radius 1 is 1.06 bits per heavy atom. The van der Waals surface area contributed by atoms with Gasteiger partial charge in [-0.3, -0.25) is 9.89 Å². The highest BCUT2D eigenvalue weighted by Gasteiger charge is 2.18. The zero-order valence-corrected chi connectivity index (χ0v) is 18.8. The van der Waals surface area contributed by atoms with Gasteiger partial charge in [0.1, 0.15) is 0 Å². The summed E-state index contributed by atoms with van der Waals surface area (Å²) >= 11 is 1.30. The Hall–Kier alpha value is -3.65. The van der Waals surface area contributed by atoms with Gasteiger partial charge in [-0.2, -0.15) is 0 Å². The van der Waals surface area contributed by atoms with E-state index < -0.39 is 0 Å². The van der Waals surface area contributed by atoms with E-state index in [0.29, 0.717) is 22.1 Å². The summed E-state index contributed by atoms with van der Waals surface area (Å²) in [7, 11) is 1.35. The second kappa shape index (κ2) is 9.23. The molecule has 0 aliphatic carbocycles. The van der Waals surface area contributed by atoms with Crippen molar-refractivity contribution < 1.29 is 14.3 Å². The number of carbonyl (C=O) groups is 2. The number of benzene rings is 2. The normalized spacial score (nSPS) is 10.8. The van der Waals surface area contributed by atoms with Gasteiger partial charge in [0.15, 0.2) is 11.6 Å². The lowest BCUT2D eigenvalue weighted by Gasteiger charge is -2.10. The zero-order chi connectivity index (χ0) is 22.7. The first kappa shape index (κ1) is 21.6. The Morgan fingerprint density at radius 3 is 2.47 bits per heavy atom.